The van der Waals surface area contributed by atoms with E-state index in [1.54, 1.807) is 24.3 Å². The molecule has 0 unspecified atom stereocenters. The van der Waals surface area contributed by atoms with Gasteiger partial charge < -0.3 is 20.3 Å². The molecule has 0 fully saturated rings. The van der Waals surface area contributed by atoms with Crippen LogP contribution in [0.15, 0.2) is 28.8 Å². The Morgan fingerprint density at radius 2 is 1.96 bits per heavy atom. The van der Waals surface area contributed by atoms with E-state index in [4.69, 9.17) is 15.0 Å². The number of rotatable bonds is 8. The van der Waals surface area contributed by atoms with Crippen molar-refractivity contribution in [3.8, 4) is 5.75 Å². The lowest BCUT2D eigenvalue weighted by Gasteiger charge is -2.14. The van der Waals surface area contributed by atoms with Gasteiger partial charge in [-0.2, -0.15) is 0 Å². The Balaban J connectivity index is 0.00000338. The maximum atomic E-state index is 13.0. The van der Waals surface area contributed by atoms with Crippen molar-refractivity contribution in [1.29, 1.82) is 0 Å². The summed E-state index contributed by atoms with van der Waals surface area (Å²) < 4.78 is 36.7. The van der Waals surface area contributed by atoms with Crippen molar-refractivity contribution in [2.75, 3.05) is 13.1 Å². The van der Waals surface area contributed by atoms with Gasteiger partial charge in [-0.3, -0.25) is 4.79 Å². The van der Waals surface area contributed by atoms with E-state index in [2.05, 4.69) is 10.5 Å². The summed E-state index contributed by atoms with van der Waals surface area (Å²) in [6.45, 7) is 2.42. The Bertz CT molecular complexity index is 701. The van der Waals surface area contributed by atoms with Gasteiger partial charge in [0, 0.05) is 0 Å². The fraction of sp³-hybridized carbons (Fsp3) is 0.412. The third-order valence-corrected chi connectivity index (χ3v) is 3.70. The van der Waals surface area contributed by atoms with E-state index in [-0.39, 0.29) is 18.8 Å². The molecule has 0 aliphatic carbocycles. The number of nitrogens with zero attached hydrogens (tertiary/aromatic N) is 1. The van der Waals surface area contributed by atoms with Gasteiger partial charge in [0.15, 0.2) is 0 Å². The molecule has 0 saturated heterocycles. The third-order valence-electron chi connectivity index (χ3n) is 3.70. The first-order chi connectivity index (χ1) is 11.8. The zero-order valence-electron chi connectivity index (χ0n) is 14.6. The molecule has 1 amide bonds. The van der Waals surface area contributed by atoms with Crippen LogP contribution in [0.3, 0.4) is 0 Å². The first-order valence-corrected chi connectivity index (χ1v) is 7.79. The summed E-state index contributed by atoms with van der Waals surface area (Å²) in [7, 11) is 0. The summed E-state index contributed by atoms with van der Waals surface area (Å²) >= 11 is 0. The van der Waals surface area contributed by atoms with Crippen LogP contribution in [0.4, 0.5) is 8.78 Å². The summed E-state index contributed by atoms with van der Waals surface area (Å²) in [5, 5.41) is 6.03. The van der Waals surface area contributed by atoms with Crippen molar-refractivity contribution in [3.05, 3.63) is 46.8 Å². The molecule has 1 aromatic carbocycles. The number of hydrogen-bond donors (Lipinski definition) is 2. The van der Waals surface area contributed by atoms with Crippen LogP contribution in [0, 0.1) is 13.8 Å². The van der Waals surface area contributed by atoms with Crippen LogP contribution in [0.5, 0.6) is 5.75 Å². The molecule has 0 radical (unpaired) electrons. The summed E-state index contributed by atoms with van der Waals surface area (Å²) in [5.74, 6) is -2.25. The number of aryl methyl sites for hydroxylation is 2. The average molecular weight is 390 g/mol. The summed E-state index contributed by atoms with van der Waals surface area (Å²) in [6.07, 6.45) is 0.00476. The second kappa shape index (κ2) is 9.49. The highest BCUT2D eigenvalue weighted by atomic mass is 35.5. The Kier molecular flexibility index (Phi) is 7.98. The second-order valence-electron chi connectivity index (χ2n) is 5.75. The third kappa shape index (κ3) is 6.27. The molecule has 0 atom stereocenters. The molecule has 0 aliphatic heterocycles. The molecule has 6 nitrogen and oxygen atoms in total. The van der Waals surface area contributed by atoms with Crippen LogP contribution in [0.25, 0.3) is 0 Å². The summed E-state index contributed by atoms with van der Waals surface area (Å²) in [6, 6.07) is 6.86. The molecule has 26 heavy (non-hydrogen) atoms. The number of carbonyl (C=O) groups excluding carboxylic acids is 1. The number of benzene rings is 1. The van der Waals surface area contributed by atoms with Crippen molar-refractivity contribution in [2.45, 2.75) is 32.8 Å². The number of aromatic nitrogens is 1. The molecule has 144 valence electrons. The van der Waals surface area contributed by atoms with Crippen LogP contribution in [0.1, 0.15) is 22.6 Å². The topological polar surface area (TPSA) is 90.4 Å². The first-order valence-electron chi connectivity index (χ1n) is 7.79. The highest BCUT2D eigenvalue weighted by Gasteiger charge is 2.27. The van der Waals surface area contributed by atoms with Gasteiger partial charge in [0.2, 0.25) is 5.91 Å². The van der Waals surface area contributed by atoms with E-state index in [9.17, 15) is 13.6 Å². The van der Waals surface area contributed by atoms with Crippen LogP contribution in [0.2, 0.25) is 0 Å². The van der Waals surface area contributed by atoms with Crippen LogP contribution < -0.4 is 15.8 Å². The molecule has 9 heteroatoms. The SMILES string of the molecule is Cc1noc(C)c1COc1ccc(CC(=O)NCC(F)(F)CN)cc1.Cl. The maximum absolute atomic E-state index is 13.0. The standard InChI is InChI=1S/C17H21F2N3O3.ClH/c1-11-15(12(2)25-22-11)8-24-14-5-3-13(4-6-14)7-16(23)21-10-17(18,19)9-20;/h3-6H,7-10,20H2,1-2H3,(H,21,23);1H. The largest absolute Gasteiger partial charge is 0.489 e. The molecule has 0 saturated carbocycles. The van der Waals surface area contributed by atoms with Crippen molar-refractivity contribution >= 4 is 18.3 Å². The van der Waals surface area contributed by atoms with Gasteiger partial charge in [-0.1, -0.05) is 17.3 Å². The van der Waals surface area contributed by atoms with Crippen LogP contribution in [-0.2, 0) is 17.8 Å². The lowest BCUT2D eigenvalue weighted by atomic mass is 10.1. The summed E-state index contributed by atoms with van der Waals surface area (Å²) in [5.41, 5.74) is 7.28. The van der Waals surface area contributed by atoms with Gasteiger partial charge in [0.05, 0.1) is 30.8 Å². The van der Waals surface area contributed by atoms with Crippen LogP contribution >= 0.6 is 12.4 Å². The molecule has 3 N–H and O–H groups in total. The molecular weight excluding hydrogens is 368 g/mol. The molecule has 0 bridgehead atoms. The number of hydrogen-bond acceptors (Lipinski definition) is 5. The van der Waals surface area contributed by atoms with Crippen LogP contribution in [-0.4, -0.2) is 30.1 Å². The van der Waals surface area contributed by atoms with Gasteiger partial charge in [-0.05, 0) is 31.5 Å². The predicted octanol–water partition coefficient (Wildman–Crippen LogP) is 2.54. The van der Waals surface area contributed by atoms with E-state index in [1.807, 2.05) is 13.8 Å². The molecule has 2 rings (SSSR count). The number of ether oxygens (including phenoxy) is 1. The molecule has 1 aromatic heterocycles. The van der Waals surface area contributed by atoms with E-state index >= 15 is 0 Å². The Morgan fingerprint density at radius 1 is 1.31 bits per heavy atom. The molecular formula is C17H22ClF2N3O3. The van der Waals surface area contributed by atoms with E-state index in [0.29, 0.717) is 23.7 Å². The second-order valence-corrected chi connectivity index (χ2v) is 5.75. The normalized spacial score (nSPS) is 11.0. The van der Waals surface area contributed by atoms with E-state index in [0.717, 1.165) is 11.3 Å². The minimum Gasteiger partial charge on any atom is -0.489 e. The Morgan fingerprint density at radius 3 is 2.50 bits per heavy atom. The van der Waals surface area contributed by atoms with Gasteiger partial charge >= 0.3 is 0 Å². The zero-order chi connectivity index (χ0) is 18.4. The van der Waals surface area contributed by atoms with Crippen molar-refractivity contribution in [1.82, 2.24) is 10.5 Å². The minimum atomic E-state index is -3.09. The fourth-order valence-corrected chi connectivity index (χ4v) is 2.11. The molecule has 0 aliphatic rings. The fourth-order valence-electron chi connectivity index (χ4n) is 2.11. The highest BCUT2D eigenvalue weighted by Crippen LogP contribution is 2.18. The average Bonchev–Trinajstić information content (AvgIpc) is 2.91. The zero-order valence-corrected chi connectivity index (χ0v) is 15.4. The lowest BCUT2D eigenvalue weighted by Crippen LogP contribution is -2.42. The number of nitrogens with one attached hydrogen (secondary N) is 1. The minimum absolute atomic E-state index is 0. The quantitative estimate of drug-likeness (QED) is 0.724. The lowest BCUT2D eigenvalue weighted by molar-refractivity contribution is -0.122. The predicted molar refractivity (Wildman–Crippen MR) is 94.7 cm³/mol. The maximum Gasteiger partial charge on any atom is 0.277 e. The number of amides is 1. The molecule has 0 spiro atoms. The van der Waals surface area contributed by atoms with Gasteiger partial charge in [0.25, 0.3) is 5.92 Å². The van der Waals surface area contributed by atoms with Crippen molar-refractivity contribution in [2.24, 2.45) is 5.73 Å². The number of carbonyl (C=O) groups is 1. The van der Waals surface area contributed by atoms with E-state index < -0.39 is 24.9 Å². The molecule has 1 heterocycles. The molecule has 2 aromatic rings. The smallest absolute Gasteiger partial charge is 0.277 e. The van der Waals surface area contributed by atoms with Gasteiger partial charge in [-0.15, -0.1) is 12.4 Å². The number of nitrogens with two attached hydrogens (primary N) is 1. The van der Waals surface area contributed by atoms with Crippen molar-refractivity contribution in [3.63, 3.8) is 0 Å². The number of alkyl halides is 2. The van der Waals surface area contributed by atoms with Gasteiger partial charge in [0.1, 0.15) is 18.1 Å². The van der Waals surface area contributed by atoms with E-state index in [1.165, 1.54) is 0 Å². The highest BCUT2D eigenvalue weighted by molar-refractivity contribution is 5.85. The Labute approximate surface area is 156 Å². The monoisotopic (exact) mass is 389 g/mol. The van der Waals surface area contributed by atoms with Gasteiger partial charge in [-0.25, -0.2) is 8.78 Å². The summed E-state index contributed by atoms with van der Waals surface area (Å²) in [4.78, 5) is 11.7. The number of halogens is 3. The Hall–Kier alpha value is -2.19. The first kappa shape index (κ1) is 21.9. The van der Waals surface area contributed by atoms with Crippen molar-refractivity contribution < 1.29 is 22.8 Å².